The lowest BCUT2D eigenvalue weighted by atomic mass is 10.1. The molecule has 3 heteroatoms. The van der Waals surface area contributed by atoms with Gasteiger partial charge in [-0.25, -0.2) is 4.39 Å². The van der Waals surface area contributed by atoms with Crippen LogP contribution in [0.25, 0.3) is 0 Å². The third kappa shape index (κ3) is 3.53. The molecule has 1 atom stereocenters. The number of halogens is 1. The Balaban J connectivity index is 1.99. The van der Waals surface area contributed by atoms with Crippen molar-refractivity contribution in [3.05, 3.63) is 35.6 Å². The van der Waals surface area contributed by atoms with E-state index in [4.69, 9.17) is 0 Å². The summed E-state index contributed by atoms with van der Waals surface area (Å²) in [5, 5.41) is 10.2. The van der Waals surface area contributed by atoms with Gasteiger partial charge < -0.3 is 5.11 Å². The van der Waals surface area contributed by atoms with Gasteiger partial charge in [0.2, 0.25) is 0 Å². The van der Waals surface area contributed by atoms with E-state index in [-0.39, 0.29) is 5.82 Å². The predicted molar refractivity (Wildman–Crippen MR) is 70.8 cm³/mol. The third-order valence-electron chi connectivity index (χ3n) is 3.59. The van der Waals surface area contributed by atoms with Gasteiger partial charge in [-0.3, -0.25) is 4.90 Å². The lowest BCUT2D eigenvalue weighted by Crippen LogP contribution is -2.36. The number of benzene rings is 1. The number of nitrogens with zero attached hydrogens (tertiary/aromatic N) is 1. The zero-order chi connectivity index (χ0) is 13.1. The van der Waals surface area contributed by atoms with Crippen molar-refractivity contribution in [2.24, 2.45) is 5.92 Å². The first kappa shape index (κ1) is 13.5. The molecule has 0 amide bonds. The van der Waals surface area contributed by atoms with E-state index < -0.39 is 6.10 Å². The average molecular weight is 251 g/mol. The molecule has 1 aliphatic carbocycles. The molecule has 2 rings (SSSR count). The summed E-state index contributed by atoms with van der Waals surface area (Å²) >= 11 is 0. The van der Waals surface area contributed by atoms with Crippen LogP contribution in [-0.4, -0.2) is 29.1 Å². The molecule has 0 spiro atoms. The summed E-state index contributed by atoms with van der Waals surface area (Å²) in [6.45, 7) is 5.77. The summed E-state index contributed by atoms with van der Waals surface area (Å²) in [5.74, 6) is 0.459. The first-order valence-electron chi connectivity index (χ1n) is 6.74. The molecule has 1 saturated carbocycles. The van der Waals surface area contributed by atoms with Gasteiger partial charge in [-0.15, -0.1) is 0 Å². The summed E-state index contributed by atoms with van der Waals surface area (Å²) < 4.78 is 13.6. The SMILES string of the molecule is CC(C)N(CC1CC1)CC(O)c1ccccc1F. The normalized spacial score (nSPS) is 17.4. The molecule has 0 bridgehead atoms. The standard InChI is InChI=1S/C15H22FNO/c1-11(2)17(9-12-7-8-12)10-15(18)13-5-3-4-6-14(13)16/h3-6,11-12,15,18H,7-10H2,1-2H3. The second-order valence-corrected chi connectivity index (χ2v) is 5.53. The Morgan fingerprint density at radius 1 is 1.33 bits per heavy atom. The number of rotatable bonds is 6. The fourth-order valence-corrected chi connectivity index (χ4v) is 2.19. The molecule has 0 radical (unpaired) electrons. The Morgan fingerprint density at radius 3 is 2.56 bits per heavy atom. The van der Waals surface area contributed by atoms with E-state index >= 15 is 0 Å². The maximum atomic E-state index is 13.6. The topological polar surface area (TPSA) is 23.5 Å². The molecule has 1 fully saturated rings. The van der Waals surface area contributed by atoms with Crippen molar-refractivity contribution < 1.29 is 9.50 Å². The molecular formula is C15H22FNO. The molecular weight excluding hydrogens is 229 g/mol. The molecule has 1 aliphatic rings. The minimum absolute atomic E-state index is 0.319. The molecule has 2 nitrogen and oxygen atoms in total. The van der Waals surface area contributed by atoms with Crippen molar-refractivity contribution in [3.8, 4) is 0 Å². The van der Waals surface area contributed by atoms with Gasteiger partial charge in [0, 0.05) is 24.7 Å². The van der Waals surface area contributed by atoms with Crippen LogP contribution in [0.4, 0.5) is 4.39 Å². The Labute approximate surface area is 108 Å². The predicted octanol–water partition coefficient (Wildman–Crippen LogP) is 2.98. The molecule has 0 heterocycles. The Hall–Kier alpha value is -0.930. The maximum Gasteiger partial charge on any atom is 0.129 e. The van der Waals surface area contributed by atoms with Gasteiger partial charge in [0.25, 0.3) is 0 Å². The molecule has 0 aliphatic heterocycles. The molecule has 1 aromatic rings. The highest BCUT2D eigenvalue weighted by Gasteiger charge is 2.27. The van der Waals surface area contributed by atoms with Crippen LogP contribution in [-0.2, 0) is 0 Å². The molecule has 1 N–H and O–H groups in total. The Morgan fingerprint density at radius 2 is 2.00 bits per heavy atom. The summed E-state index contributed by atoms with van der Waals surface area (Å²) in [7, 11) is 0. The van der Waals surface area contributed by atoms with Crippen LogP contribution in [0.3, 0.4) is 0 Å². The molecule has 0 aromatic heterocycles. The Bertz CT molecular complexity index is 390. The van der Waals surface area contributed by atoms with E-state index in [2.05, 4.69) is 18.7 Å². The van der Waals surface area contributed by atoms with E-state index in [9.17, 15) is 9.50 Å². The van der Waals surface area contributed by atoms with Crippen molar-refractivity contribution in [3.63, 3.8) is 0 Å². The van der Waals surface area contributed by atoms with Crippen LogP contribution in [0.2, 0.25) is 0 Å². The van der Waals surface area contributed by atoms with E-state index in [1.54, 1.807) is 18.2 Å². The number of aliphatic hydroxyl groups is 1. The second-order valence-electron chi connectivity index (χ2n) is 5.53. The number of hydrogen-bond acceptors (Lipinski definition) is 2. The highest BCUT2D eigenvalue weighted by Crippen LogP contribution is 2.31. The first-order chi connectivity index (χ1) is 8.58. The number of aliphatic hydroxyl groups excluding tert-OH is 1. The minimum atomic E-state index is -0.743. The van der Waals surface area contributed by atoms with E-state index in [0.29, 0.717) is 18.2 Å². The van der Waals surface area contributed by atoms with Crippen molar-refractivity contribution in [1.82, 2.24) is 4.90 Å². The molecule has 18 heavy (non-hydrogen) atoms. The van der Waals surface area contributed by atoms with Crippen LogP contribution in [0.5, 0.6) is 0 Å². The highest BCUT2D eigenvalue weighted by atomic mass is 19.1. The van der Waals surface area contributed by atoms with Gasteiger partial charge in [0.05, 0.1) is 6.10 Å². The van der Waals surface area contributed by atoms with Crippen molar-refractivity contribution in [1.29, 1.82) is 0 Å². The van der Waals surface area contributed by atoms with Crippen LogP contribution < -0.4 is 0 Å². The van der Waals surface area contributed by atoms with Gasteiger partial charge in [0.15, 0.2) is 0 Å². The number of hydrogen-bond donors (Lipinski definition) is 1. The van der Waals surface area contributed by atoms with Gasteiger partial charge in [-0.1, -0.05) is 18.2 Å². The monoisotopic (exact) mass is 251 g/mol. The average Bonchev–Trinajstić information content (AvgIpc) is 3.12. The summed E-state index contributed by atoms with van der Waals surface area (Å²) in [6, 6.07) is 6.86. The van der Waals surface area contributed by atoms with E-state index in [1.807, 2.05) is 0 Å². The quantitative estimate of drug-likeness (QED) is 0.840. The van der Waals surface area contributed by atoms with Crippen molar-refractivity contribution in [2.45, 2.75) is 38.8 Å². The van der Waals surface area contributed by atoms with Gasteiger partial charge >= 0.3 is 0 Å². The van der Waals surface area contributed by atoms with Crippen LogP contribution >= 0.6 is 0 Å². The fourth-order valence-electron chi connectivity index (χ4n) is 2.19. The summed E-state index contributed by atoms with van der Waals surface area (Å²) in [6.07, 6.45) is 1.84. The first-order valence-corrected chi connectivity index (χ1v) is 6.74. The maximum absolute atomic E-state index is 13.6. The van der Waals surface area contributed by atoms with E-state index in [0.717, 1.165) is 12.5 Å². The second kappa shape index (κ2) is 5.81. The smallest absolute Gasteiger partial charge is 0.129 e. The van der Waals surface area contributed by atoms with Crippen LogP contribution in [0.15, 0.2) is 24.3 Å². The summed E-state index contributed by atoms with van der Waals surface area (Å²) in [4.78, 5) is 2.24. The molecule has 1 aromatic carbocycles. The molecule has 100 valence electrons. The zero-order valence-corrected chi connectivity index (χ0v) is 11.1. The molecule has 0 saturated heterocycles. The Kier molecular flexibility index (Phi) is 4.36. The van der Waals surface area contributed by atoms with Crippen molar-refractivity contribution in [2.75, 3.05) is 13.1 Å². The third-order valence-corrected chi connectivity index (χ3v) is 3.59. The van der Waals surface area contributed by atoms with Crippen molar-refractivity contribution >= 4 is 0 Å². The fraction of sp³-hybridized carbons (Fsp3) is 0.600. The van der Waals surface area contributed by atoms with Crippen LogP contribution in [0.1, 0.15) is 38.4 Å². The van der Waals surface area contributed by atoms with Gasteiger partial charge in [-0.2, -0.15) is 0 Å². The van der Waals surface area contributed by atoms with Crippen LogP contribution in [0, 0.1) is 11.7 Å². The zero-order valence-electron chi connectivity index (χ0n) is 11.1. The lowest BCUT2D eigenvalue weighted by Gasteiger charge is -2.29. The summed E-state index contributed by atoms with van der Waals surface area (Å²) in [5.41, 5.74) is 0.402. The van der Waals surface area contributed by atoms with E-state index in [1.165, 1.54) is 18.9 Å². The highest BCUT2D eigenvalue weighted by molar-refractivity contribution is 5.20. The van der Waals surface area contributed by atoms with Gasteiger partial charge in [0.1, 0.15) is 5.82 Å². The minimum Gasteiger partial charge on any atom is -0.387 e. The van der Waals surface area contributed by atoms with Gasteiger partial charge in [-0.05, 0) is 38.7 Å². The largest absolute Gasteiger partial charge is 0.387 e. The lowest BCUT2D eigenvalue weighted by molar-refractivity contribution is 0.0899. The molecule has 1 unspecified atom stereocenters.